The summed E-state index contributed by atoms with van der Waals surface area (Å²) in [5.74, 6) is 0. The average molecular weight is 172 g/mol. The fourth-order valence-corrected chi connectivity index (χ4v) is 1.23. The fourth-order valence-electron chi connectivity index (χ4n) is 0.640. The summed E-state index contributed by atoms with van der Waals surface area (Å²) in [4.78, 5) is 2.25. The molecule has 1 N–H and O–H groups in total. The lowest BCUT2D eigenvalue weighted by atomic mass is 10.4. The molecule has 0 unspecified atom stereocenters. The van der Waals surface area contributed by atoms with Crippen LogP contribution in [0.5, 0.6) is 0 Å². The standard InChI is InChI=1S/C6H6NO3S/c8-7-11(9,10)6-4-2-1-3-5-6/h1-5,8H. The quantitative estimate of drug-likeness (QED) is 0.655. The monoisotopic (exact) mass is 172 g/mol. The van der Waals surface area contributed by atoms with Crippen molar-refractivity contribution in [2.45, 2.75) is 4.90 Å². The molecule has 0 aliphatic rings. The maximum absolute atomic E-state index is 10.8. The minimum atomic E-state index is -3.82. The molecule has 0 saturated carbocycles. The summed E-state index contributed by atoms with van der Waals surface area (Å²) < 4.78 is 21.6. The largest absolute Gasteiger partial charge is 0.282 e. The first-order valence-corrected chi connectivity index (χ1v) is 4.27. The summed E-state index contributed by atoms with van der Waals surface area (Å²) in [7, 11) is -3.82. The molecule has 0 aliphatic heterocycles. The molecular formula is C6H6NO3S. The van der Waals surface area contributed by atoms with Crippen LogP contribution in [0.2, 0.25) is 0 Å². The van der Waals surface area contributed by atoms with Crippen LogP contribution in [0.3, 0.4) is 0 Å². The third-order valence-corrected chi connectivity index (χ3v) is 2.23. The minimum Gasteiger partial charge on any atom is -0.282 e. The Kier molecular flexibility index (Phi) is 2.23. The van der Waals surface area contributed by atoms with Gasteiger partial charge < -0.3 is 0 Å². The Morgan fingerprint density at radius 1 is 1.18 bits per heavy atom. The van der Waals surface area contributed by atoms with Gasteiger partial charge >= 0.3 is 0 Å². The van der Waals surface area contributed by atoms with Gasteiger partial charge in [-0.05, 0) is 12.1 Å². The first-order valence-electron chi connectivity index (χ1n) is 2.83. The molecule has 0 saturated heterocycles. The molecule has 0 fully saturated rings. The van der Waals surface area contributed by atoms with Crippen molar-refractivity contribution in [1.29, 1.82) is 0 Å². The third-order valence-electron chi connectivity index (χ3n) is 1.15. The Balaban J connectivity index is 3.14. The SMILES string of the molecule is O=S(=O)([N]O)c1ccccc1. The van der Waals surface area contributed by atoms with Crippen molar-refractivity contribution >= 4 is 10.0 Å². The van der Waals surface area contributed by atoms with Gasteiger partial charge in [0, 0.05) is 4.89 Å². The van der Waals surface area contributed by atoms with Gasteiger partial charge in [0.1, 0.15) is 0 Å². The molecule has 5 heteroatoms. The number of benzene rings is 1. The van der Waals surface area contributed by atoms with Crippen LogP contribution in [-0.4, -0.2) is 13.6 Å². The zero-order chi connectivity index (χ0) is 8.32. The van der Waals surface area contributed by atoms with Crippen LogP contribution in [-0.2, 0) is 10.0 Å². The van der Waals surface area contributed by atoms with E-state index in [0.29, 0.717) is 0 Å². The fraction of sp³-hybridized carbons (Fsp3) is 0. The van der Waals surface area contributed by atoms with Gasteiger partial charge in [0.25, 0.3) is 10.0 Å². The smallest absolute Gasteiger partial charge is 0.281 e. The van der Waals surface area contributed by atoms with E-state index in [-0.39, 0.29) is 4.90 Å². The van der Waals surface area contributed by atoms with E-state index >= 15 is 0 Å². The Morgan fingerprint density at radius 3 is 2.18 bits per heavy atom. The molecule has 0 atom stereocenters. The van der Waals surface area contributed by atoms with Crippen LogP contribution in [0.25, 0.3) is 0 Å². The van der Waals surface area contributed by atoms with Gasteiger partial charge in [0.15, 0.2) is 0 Å². The Morgan fingerprint density at radius 2 is 1.73 bits per heavy atom. The molecule has 0 spiro atoms. The second kappa shape index (κ2) is 3.00. The molecule has 0 amide bonds. The van der Waals surface area contributed by atoms with Crippen molar-refractivity contribution in [3.05, 3.63) is 30.3 Å². The maximum Gasteiger partial charge on any atom is 0.281 e. The zero-order valence-electron chi connectivity index (χ0n) is 5.51. The van der Waals surface area contributed by atoms with Crippen LogP contribution >= 0.6 is 0 Å². The van der Waals surface area contributed by atoms with E-state index in [1.807, 2.05) is 0 Å². The maximum atomic E-state index is 10.8. The van der Waals surface area contributed by atoms with Gasteiger partial charge in [-0.1, -0.05) is 18.2 Å². The van der Waals surface area contributed by atoms with Crippen molar-refractivity contribution in [3.8, 4) is 0 Å². The van der Waals surface area contributed by atoms with E-state index < -0.39 is 10.0 Å². The molecule has 59 valence electrons. The number of hydrogen-bond donors (Lipinski definition) is 1. The summed E-state index contributed by atoms with van der Waals surface area (Å²) in [6.07, 6.45) is 0. The van der Waals surface area contributed by atoms with Crippen molar-refractivity contribution in [2.24, 2.45) is 0 Å². The zero-order valence-corrected chi connectivity index (χ0v) is 6.32. The second-order valence-corrected chi connectivity index (χ2v) is 3.45. The van der Waals surface area contributed by atoms with Gasteiger partial charge in [-0.15, -0.1) is 0 Å². The molecule has 1 radical (unpaired) electrons. The molecule has 0 heterocycles. The lowest BCUT2D eigenvalue weighted by Gasteiger charge is -1.95. The molecule has 0 aliphatic carbocycles. The highest BCUT2D eigenvalue weighted by Crippen LogP contribution is 2.06. The molecule has 4 nitrogen and oxygen atoms in total. The highest BCUT2D eigenvalue weighted by Gasteiger charge is 2.12. The number of hydrogen-bond acceptors (Lipinski definition) is 3. The molecule has 0 aromatic heterocycles. The van der Waals surface area contributed by atoms with E-state index in [1.54, 1.807) is 18.2 Å². The Hall–Kier alpha value is -0.910. The summed E-state index contributed by atoms with van der Waals surface area (Å²) in [6, 6.07) is 7.50. The molecule has 11 heavy (non-hydrogen) atoms. The van der Waals surface area contributed by atoms with Gasteiger partial charge in [0.2, 0.25) is 0 Å². The topological polar surface area (TPSA) is 68.5 Å². The first kappa shape index (κ1) is 8.19. The van der Waals surface area contributed by atoms with Crippen LogP contribution in [0, 0.1) is 0 Å². The van der Waals surface area contributed by atoms with E-state index in [9.17, 15) is 8.42 Å². The number of rotatable bonds is 2. The van der Waals surface area contributed by atoms with Gasteiger partial charge in [-0.2, -0.15) is 0 Å². The molecule has 1 aromatic rings. The highest BCUT2D eigenvalue weighted by molar-refractivity contribution is 7.89. The predicted octanol–water partition coefficient (Wildman–Crippen LogP) is 0.369. The van der Waals surface area contributed by atoms with Gasteiger partial charge in [-0.25, -0.2) is 8.42 Å². The minimum absolute atomic E-state index is 0.0116. The average Bonchev–Trinajstić information content (AvgIpc) is 2.06. The normalized spacial score (nSPS) is 11.4. The summed E-state index contributed by atoms with van der Waals surface area (Å²) in [5, 5.41) is 8.08. The van der Waals surface area contributed by atoms with Crippen molar-refractivity contribution < 1.29 is 13.6 Å². The summed E-state index contributed by atoms with van der Waals surface area (Å²) >= 11 is 0. The lowest BCUT2D eigenvalue weighted by molar-refractivity contribution is 0.233. The van der Waals surface area contributed by atoms with E-state index in [2.05, 4.69) is 4.89 Å². The number of nitrogens with zero attached hydrogens (tertiary/aromatic N) is 1. The van der Waals surface area contributed by atoms with E-state index in [4.69, 9.17) is 5.21 Å². The Labute approximate surface area is 64.5 Å². The molecule has 1 rings (SSSR count). The van der Waals surface area contributed by atoms with Crippen molar-refractivity contribution in [2.75, 3.05) is 0 Å². The van der Waals surface area contributed by atoms with Gasteiger partial charge in [0.05, 0.1) is 4.90 Å². The van der Waals surface area contributed by atoms with Gasteiger partial charge in [-0.3, -0.25) is 5.21 Å². The third kappa shape index (κ3) is 1.76. The van der Waals surface area contributed by atoms with Crippen LogP contribution in [0.4, 0.5) is 0 Å². The summed E-state index contributed by atoms with van der Waals surface area (Å²) in [5.41, 5.74) is 0. The van der Waals surface area contributed by atoms with Crippen LogP contribution in [0.15, 0.2) is 35.2 Å². The summed E-state index contributed by atoms with van der Waals surface area (Å²) in [6.45, 7) is 0. The highest BCUT2D eigenvalue weighted by atomic mass is 32.2. The van der Waals surface area contributed by atoms with Crippen LogP contribution in [0.1, 0.15) is 0 Å². The molecular weight excluding hydrogens is 166 g/mol. The lowest BCUT2D eigenvalue weighted by Crippen LogP contribution is -2.11. The van der Waals surface area contributed by atoms with Crippen LogP contribution < -0.4 is 4.89 Å². The predicted molar refractivity (Wildman–Crippen MR) is 37.5 cm³/mol. The molecule has 0 bridgehead atoms. The number of sulfonamides is 1. The Bertz CT molecular complexity index is 319. The molecule has 1 aromatic carbocycles. The van der Waals surface area contributed by atoms with E-state index in [1.165, 1.54) is 12.1 Å². The van der Waals surface area contributed by atoms with Crippen molar-refractivity contribution in [1.82, 2.24) is 4.89 Å². The first-order chi connectivity index (χ1) is 5.17. The van der Waals surface area contributed by atoms with E-state index in [0.717, 1.165) is 0 Å². The van der Waals surface area contributed by atoms with Crippen molar-refractivity contribution in [3.63, 3.8) is 0 Å². The second-order valence-electron chi connectivity index (χ2n) is 1.87.